The van der Waals surface area contributed by atoms with Crippen LogP contribution in [0.2, 0.25) is 0 Å². The third kappa shape index (κ3) is 3.80. The van der Waals surface area contributed by atoms with E-state index in [1.807, 2.05) is 13.8 Å². The van der Waals surface area contributed by atoms with Gasteiger partial charge in [-0.3, -0.25) is 5.32 Å². The molecule has 0 atom stereocenters. The Hall–Kier alpha value is -1.56. The molecule has 0 radical (unpaired) electrons. The van der Waals surface area contributed by atoms with Crippen LogP contribution in [0, 0.1) is 6.92 Å². The Kier molecular flexibility index (Phi) is 5.83. The maximum Gasteiger partial charge on any atom is 0.341 e. The largest absolute Gasteiger partial charge is 0.465 e. The molecular formula is C16H24N2O3S. The zero-order valence-electron chi connectivity index (χ0n) is 13.5. The summed E-state index contributed by atoms with van der Waals surface area (Å²) in [6, 6.07) is 0.00277. The summed E-state index contributed by atoms with van der Waals surface area (Å²) >= 11 is 1.43. The van der Waals surface area contributed by atoms with Gasteiger partial charge >= 0.3 is 12.0 Å². The molecule has 0 unspecified atom stereocenters. The molecule has 0 bridgehead atoms. The lowest BCUT2D eigenvalue weighted by Crippen LogP contribution is -2.39. The number of anilines is 1. The van der Waals surface area contributed by atoms with Crippen molar-refractivity contribution in [2.24, 2.45) is 0 Å². The van der Waals surface area contributed by atoms with Gasteiger partial charge in [0.2, 0.25) is 0 Å². The maximum atomic E-state index is 12.2. The minimum Gasteiger partial charge on any atom is -0.465 e. The summed E-state index contributed by atoms with van der Waals surface area (Å²) in [5, 5.41) is 6.42. The molecule has 1 heterocycles. The van der Waals surface area contributed by atoms with E-state index in [0.29, 0.717) is 10.6 Å². The van der Waals surface area contributed by atoms with E-state index in [2.05, 4.69) is 10.6 Å². The van der Waals surface area contributed by atoms with Crippen LogP contribution in [0.5, 0.6) is 0 Å². The van der Waals surface area contributed by atoms with Gasteiger partial charge in [-0.05, 0) is 31.7 Å². The van der Waals surface area contributed by atoms with Crippen LogP contribution in [-0.2, 0) is 11.2 Å². The highest BCUT2D eigenvalue weighted by Crippen LogP contribution is 2.34. The monoisotopic (exact) mass is 324 g/mol. The zero-order valence-corrected chi connectivity index (χ0v) is 14.3. The standard InChI is InChI=1S/C16H24N2O3S/c1-4-12-10(2)22-14(13(12)15(19)21-3)18-16(20)17-11-8-6-5-7-9-11/h11H,4-9H2,1-3H3,(H2,17,18,20). The normalized spacial score (nSPS) is 15.4. The van der Waals surface area contributed by atoms with Crippen molar-refractivity contribution in [3.8, 4) is 0 Å². The fourth-order valence-electron chi connectivity index (χ4n) is 2.98. The van der Waals surface area contributed by atoms with Gasteiger partial charge in [0, 0.05) is 10.9 Å². The van der Waals surface area contributed by atoms with Gasteiger partial charge in [-0.2, -0.15) is 0 Å². The fourth-order valence-corrected chi connectivity index (χ4v) is 4.11. The number of ether oxygens (including phenoxy) is 1. The van der Waals surface area contributed by atoms with Crippen molar-refractivity contribution in [2.75, 3.05) is 12.4 Å². The van der Waals surface area contributed by atoms with Crippen molar-refractivity contribution in [2.45, 2.75) is 58.4 Å². The lowest BCUT2D eigenvalue weighted by atomic mass is 9.96. The molecule has 1 aromatic heterocycles. The Morgan fingerprint density at radius 3 is 2.55 bits per heavy atom. The van der Waals surface area contributed by atoms with Crippen molar-refractivity contribution in [3.63, 3.8) is 0 Å². The van der Waals surface area contributed by atoms with Gasteiger partial charge in [0.1, 0.15) is 5.00 Å². The summed E-state index contributed by atoms with van der Waals surface area (Å²) < 4.78 is 4.86. The van der Waals surface area contributed by atoms with E-state index in [9.17, 15) is 9.59 Å². The van der Waals surface area contributed by atoms with Gasteiger partial charge in [0.25, 0.3) is 0 Å². The third-order valence-electron chi connectivity index (χ3n) is 4.12. The predicted molar refractivity (Wildman–Crippen MR) is 88.8 cm³/mol. The Balaban J connectivity index is 2.11. The highest BCUT2D eigenvalue weighted by molar-refractivity contribution is 7.16. The number of hydrogen-bond donors (Lipinski definition) is 2. The highest BCUT2D eigenvalue weighted by Gasteiger charge is 2.24. The van der Waals surface area contributed by atoms with Crippen molar-refractivity contribution in [1.29, 1.82) is 0 Å². The minimum atomic E-state index is -0.394. The summed E-state index contributed by atoms with van der Waals surface area (Å²) in [6.45, 7) is 3.95. The first-order chi connectivity index (χ1) is 10.6. The van der Waals surface area contributed by atoms with Crippen LogP contribution in [0.15, 0.2) is 0 Å². The van der Waals surface area contributed by atoms with Gasteiger partial charge in [0.05, 0.1) is 12.7 Å². The average Bonchev–Trinajstić information content (AvgIpc) is 2.82. The second kappa shape index (κ2) is 7.63. The van der Waals surface area contributed by atoms with Gasteiger partial charge in [-0.25, -0.2) is 9.59 Å². The van der Waals surface area contributed by atoms with E-state index in [4.69, 9.17) is 4.74 Å². The maximum absolute atomic E-state index is 12.2. The molecule has 0 aromatic carbocycles. The number of aryl methyl sites for hydroxylation is 1. The molecule has 0 aliphatic heterocycles. The SMILES string of the molecule is CCc1c(C)sc(NC(=O)NC2CCCCC2)c1C(=O)OC. The number of thiophene rings is 1. The molecule has 122 valence electrons. The van der Waals surface area contributed by atoms with Gasteiger partial charge in [0.15, 0.2) is 0 Å². The Morgan fingerprint density at radius 2 is 1.95 bits per heavy atom. The number of nitrogens with one attached hydrogen (secondary N) is 2. The molecule has 1 aliphatic carbocycles. The number of carbonyl (C=O) groups is 2. The van der Waals surface area contributed by atoms with E-state index in [-0.39, 0.29) is 12.1 Å². The number of esters is 1. The molecule has 5 nitrogen and oxygen atoms in total. The number of carbonyl (C=O) groups excluding carboxylic acids is 2. The average molecular weight is 324 g/mol. The molecule has 2 rings (SSSR count). The molecule has 1 saturated carbocycles. The Bertz CT molecular complexity index is 548. The summed E-state index contributed by atoms with van der Waals surface area (Å²) in [6.07, 6.45) is 6.36. The molecule has 1 aromatic rings. The van der Waals surface area contributed by atoms with Crippen LogP contribution < -0.4 is 10.6 Å². The van der Waals surface area contributed by atoms with Gasteiger partial charge in [-0.15, -0.1) is 11.3 Å². The molecule has 2 amide bonds. The van der Waals surface area contributed by atoms with Crippen molar-refractivity contribution < 1.29 is 14.3 Å². The summed E-state index contributed by atoms with van der Waals surface area (Å²) in [5.74, 6) is -0.394. The van der Waals surface area contributed by atoms with Gasteiger partial charge in [-0.1, -0.05) is 26.2 Å². The van der Waals surface area contributed by atoms with Crippen LogP contribution in [0.25, 0.3) is 0 Å². The van der Waals surface area contributed by atoms with E-state index >= 15 is 0 Å². The van der Waals surface area contributed by atoms with Crippen LogP contribution in [-0.4, -0.2) is 25.2 Å². The molecule has 2 N–H and O–H groups in total. The Labute approximate surface area is 135 Å². The summed E-state index contributed by atoms with van der Waals surface area (Å²) in [4.78, 5) is 25.2. The van der Waals surface area contributed by atoms with Crippen molar-refractivity contribution in [3.05, 3.63) is 16.0 Å². The molecule has 1 fully saturated rings. The molecule has 6 heteroatoms. The first-order valence-electron chi connectivity index (χ1n) is 7.84. The quantitative estimate of drug-likeness (QED) is 0.826. The molecule has 1 aliphatic rings. The Morgan fingerprint density at radius 1 is 1.27 bits per heavy atom. The fraction of sp³-hybridized carbons (Fsp3) is 0.625. The second-order valence-electron chi connectivity index (χ2n) is 5.62. The minimum absolute atomic E-state index is 0.235. The number of amides is 2. The van der Waals surface area contributed by atoms with Crippen molar-refractivity contribution >= 4 is 28.3 Å². The van der Waals surface area contributed by atoms with E-state index in [0.717, 1.165) is 42.5 Å². The number of methoxy groups -OCH3 is 1. The first kappa shape index (κ1) is 16.8. The van der Waals surface area contributed by atoms with E-state index in [1.54, 1.807) is 0 Å². The predicted octanol–water partition coefficient (Wildman–Crippen LogP) is 3.86. The summed E-state index contributed by atoms with van der Waals surface area (Å²) in [5.41, 5.74) is 1.44. The van der Waals surface area contributed by atoms with E-state index < -0.39 is 5.97 Å². The van der Waals surface area contributed by atoms with Crippen molar-refractivity contribution in [1.82, 2.24) is 5.32 Å². The molecular weight excluding hydrogens is 300 g/mol. The topological polar surface area (TPSA) is 67.4 Å². The van der Waals surface area contributed by atoms with Gasteiger partial charge < -0.3 is 10.1 Å². The summed E-state index contributed by atoms with van der Waals surface area (Å²) in [7, 11) is 1.36. The molecule has 22 heavy (non-hydrogen) atoms. The lowest BCUT2D eigenvalue weighted by Gasteiger charge is -2.22. The first-order valence-corrected chi connectivity index (χ1v) is 8.66. The van der Waals surface area contributed by atoms with E-state index in [1.165, 1.54) is 24.9 Å². The van der Waals surface area contributed by atoms with Crippen LogP contribution in [0.3, 0.4) is 0 Å². The highest BCUT2D eigenvalue weighted by atomic mass is 32.1. The lowest BCUT2D eigenvalue weighted by molar-refractivity contribution is 0.0601. The van der Waals surface area contributed by atoms with Crippen LogP contribution >= 0.6 is 11.3 Å². The second-order valence-corrected chi connectivity index (χ2v) is 6.84. The molecule has 0 saturated heterocycles. The molecule has 0 spiro atoms. The number of rotatable bonds is 4. The zero-order chi connectivity index (χ0) is 16.1. The smallest absolute Gasteiger partial charge is 0.341 e. The number of urea groups is 1. The third-order valence-corrected chi connectivity index (χ3v) is 5.18. The van der Waals surface area contributed by atoms with Crippen LogP contribution in [0.4, 0.5) is 9.80 Å². The number of hydrogen-bond acceptors (Lipinski definition) is 4. The van der Waals surface area contributed by atoms with Crippen LogP contribution in [0.1, 0.15) is 59.8 Å².